The molecule has 0 radical (unpaired) electrons. The topological polar surface area (TPSA) is 42.0 Å². The van der Waals surface area contributed by atoms with Crippen LogP contribution in [-0.4, -0.2) is 10.9 Å². The number of nitrogens with zero attached hydrogens (tertiary/aromatic N) is 1. The molecule has 1 aromatic carbocycles. The van der Waals surface area contributed by atoms with Crippen LogP contribution in [0.15, 0.2) is 36.5 Å². The standard InChI is InChI=1S/C17H19ClN2O/c1-11-9-12(10-19-15(11)18)20-16(21)13-7-5-6-8-14(13)17(2,3)4/h5-10H,1-4H3,(H,20,21). The molecular weight excluding hydrogens is 284 g/mol. The summed E-state index contributed by atoms with van der Waals surface area (Å²) in [6.07, 6.45) is 1.56. The van der Waals surface area contributed by atoms with Gasteiger partial charge in [-0.25, -0.2) is 4.98 Å². The first-order chi connectivity index (χ1) is 9.79. The highest BCUT2D eigenvalue weighted by Crippen LogP contribution is 2.26. The number of pyridine rings is 1. The Labute approximate surface area is 130 Å². The monoisotopic (exact) mass is 302 g/mol. The van der Waals surface area contributed by atoms with E-state index in [1.54, 1.807) is 6.20 Å². The van der Waals surface area contributed by atoms with E-state index in [0.717, 1.165) is 11.1 Å². The number of amides is 1. The molecule has 1 heterocycles. The van der Waals surface area contributed by atoms with Crippen LogP contribution in [0.5, 0.6) is 0 Å². The highest BCUT2D eigenvalue weighted by Gasteiger charge is 2.21. The number of hydrogen-bond acceptors (Lipinski definition) is 2. The highest BCUT2D eigenvalue weighted by atomic mass is 35.5. The van der Waals surface area contributed by atoms with Gasteiger partial charge in [0.1, 0.15) is 5.15 Å². The molecule has 21 heavy (non-hydrogen) atoms. The zero-order valence-electron chi connectivity index (χ0n) is 12.7. The van der Waals surface area contributed by atoms with E-state index in [1.165, 1.54) is 0 Å². The summed E-state index contributed by atoms with van der Waals surface area (Å²) in [6.45, 7) is 8.13. The molecule has 0 saturated heterocycles. The van der Waals surface area contributed by atoms with Crippen molar-refractivity contribution in [2.45, 2.75) is 33.1 Å². The first-order valence-corrected chi connectivity index (χ1v) is 7.20. The van der Waals surface area contributed by atoms with E-state index in [-0.39, 0.29) is 11.3 Å². The lowest BCUT2D eigenvalue weighted by Crippen LogP contribution is -2.21. The van der Waals surface area contributed by atoms with Crippen molar-refractivity contribution >= 4 is 23.2 Å². The highest BCUT2D eigenvalue weighted by molar-refractivity contribution is 6.30. The van der Waals surface area contributed by atoms with Crippen molar-refractivity contribution in [3.05, 3.63) is 58.4 Å². The number of carbonyl (C=O) groups is 1. The molecule has 1 amide bonds. The van der Waals surface area contributed by atoms with E-state index in [0.29, 0.717) is 16.4 Å². The number of rotatable bonds is 2. The summed E-state index contributed by atoms with van der Waals surface area (Å²) >= 11 is 5.90. The summed E-state index contributed by atoms with van der Waals surface area (Å²) in [6, 6.07) is 9.46. The van der Waals surface area contributed by atoms with Crippen LogP contribution >= 0.6 is 11.6 Å². The van der Waals surface area contributed by atoms with Crippen molar-refractivity contribution in [2.24, 2.45) is 0 Å². The van der Waals surface area contributed by atoms with Gasteiger partial charge in [0.15, 0.2) is 0 Å². The van der Waals surface area contributed by atoms with Gasteiger partial charge in [-0.05, 0) is 35.6 Å². The smallest absolute Gasteiger partial charge is 0.256 e. The van der Waals surface area contributed by atoms with Gasteiger partial charge < -0.3 is 5.32 Å². The maximum atomic E-state index is 12.5. The summed E-state index contributed by atoms with van der Waals surface area (Å²) in [7, 11) is 0. The number of aryl methyl sites for hydroxylation is 1. The Balaban J connectivity index is 2.31. The molecule has 2 rings (SSSR count). The molecule has 110 valence electrons. The number of hydrogen-bond donors (Lipinski definition) is 1. The maximum Gasteiger partial charge on any atom is 0.256 e. The Morgan fingerprint density at radius 3 is 2.52 bits per heavy atom. The molecule has 0 saturated carbocycles. The number of benzene rings is 1. The van der Waals surface area contributed by atoms with E-state index in [4.69, 9.17) is 11.6 Å². The summed E-state index contributed by atoms with van der Waals surface area (Å²) in [4.78, 5) is 16.6. The Bertz CT molecular complexity index is 675. The lowest BCUT2D eigenvalue weighted by atomic mass is 9.83. The third kappa shape index (κ3) is 3.61. The molecule has 2 aromatic rings. The molecule has 3 nitrogen and oxygen atoms in total. The summed E-state index contributed by atoms with van der Waals surface area (Å²) < 4.78 is 0. The van der Waals surface area contributed by atoms with Crippen LogP contribution in [0.1, 0.15) is 42.3 Å². The first-order valence-electron chi connectivity index (χ1n) is 6.82. The van der Waals surface area contributed by atoms with Gasteiger partial charge in [0, 0.05) is 5.56 Å². The van der Waals surface area contributed by atoms with Crippen LogP contribution in [0.25, 0.3) is 0 Å². The van der Waals surface area contributed by atoms with Crippen LogP contribution in [0.4, 0.5) is 5.69 Å². The molecule has 4 heteroatoms. The Kier molecular flexibility index (Phi) is 4.33. The van der Waals surface area contributed by atoms with Crippen LogP contribution in [0.2, 0.25) is 5.15 Å². The Hall–Kier alpha value is -1.87. The zero-order valence-corrected chi connectivity index (χ0v) is 13.5. The average Bonchev–Trinajstić information content (AvgIpc) is 2.42. The second kappa shape index (κ2) is 5.86. The van der Waals surface area contributed by atoms with E-state index >= 15 is 0 Å². The molecule has 0 aliphatic carbocycles. The van der Waals surface area contributed by atoms with Crippen molar-refractivity contribution in [2.75, 3.05) is 5.32 Å². The number of anilines is 1. The predicted molar refractivity (Wildman–Crippen MR) is 87.1 cm³/mol. The number of nitrogens with one attached hydrogen (secondary N) is 1. The molecule has 1 N–H and O–H groups in total. The summed E-state index contributed by atoms with van der Waals surface area (Å²) in [5.74, 6) is -0.135. The SMILES string of the molecule is Cc1cc(NC(=O)c2ccccc2C(C)(C)C)cnc1Cl. The largest absolute Gasteiger partial charge is 0.321 e. The van der Waals surface area contributed by atoms with Crippen LogP contribution in [0, 0.1) is 6.92 Å². The number of halogens is 1. The normalized spacial score (nSPS) is 11.3. The van der Waals surface area contributed by atoms with Crippen LogP contribution in [0.3, 0.4) is 0 Å². The predicted octanol–water partition coefficient (Wildman–Crippen LogP) is 4.59. The quantitative estimate of drug-likeness (QED) is 0.824. The molecule has 0 aliphatic heterocycles. The molecule has 0 bridgehead atoms. The van der Waals surface area contributed by atoms with Gasteiger partial charge in [0.05, 0.1) is 11.9 Å². The van der Waals surface area contributed by atoms with Gasteiger partial charge >= 0.3 is 0 Å². The molecule has 0 spiro atoms. The summed E-state index contributed by atoms with van der Waals surface area (Å²) in [5.41, 5.74) is 3.07. The Morgan fingerprint density at radius 2 is 1.90 bits per heavy atom. The fraction of sp³-hybridized carbons (Fsp3) is 0.294. The van der Waals surface area contributed by atoms with Crippen molar-refractivity contribution in [1.82, 2.24) is 4.98 Å². The fourth-order valence-electron chi connectivity index (χ4n) is 2.16. The second-order valence-electron chi connectivity index (χ2n) is 6.08. The van der Waals surface area contributed by atoms with Gasteiger partial charge in [-0.2, -0.15) is 0 Å². The third-order valence-electron chi connectivity index (χ3n) is 3.25. The minimum Gasteiger partial charge on any atom is -0.321 e. The van der Waals surface area contributed by atoms with Gasteiger partial charge in [-0.3, -0.25) is 4.79 Å². The molecule has 0 fully saturated rings. The van der Waals surface area contributed by atoms with Crippen LogP contribution < -0.4 is 5.32 Å². The van der Waals surface area contributed by atoms with Crippen molar-refractivity contribution < 1.29 is 4.79 Å². The van der Waals surface area contributed by atoms with Gasteiger partial charge in [-0.1, -0.05) is 50.6 Å². The van der Waals surface area contributed by atoms with Gasteiger partial charge in [0.2, 0.25) is 0 Å². The third-order valence-corrected chi connectivity index (χ3v) is 3.65. The molecule has 0 unspecified atom stereocenters. The Morgan fingerprint density at radius 1 is 1.24 bits per heavy atom. The van der Waals surface area contributed by atoms with E-state index in [1.807, 2.05) is 37.3 Å². The van der Waals surface area contributed by atoms with E-state index < -0.39 is 0 Å². The van der Waals surface area contributed by atoms with Gasteiger partial charge in [0.25, 0.3) is 5.91 Å². The lowest BCUT2D eigenvalue weighted by Gasteiger charge is -2.22. The minimum atomic E-state index is -0.135. The fourth-order valence-corrected chi connectivity index (χ4v) is 2.26. The molecule has 1 aromatic heterocycles. The molecule has 0 aliphatic rings. The van der Waals surface area contributed by atoms with Gasteiger partial charge in [-0.15, -0.1) is 0 Å². The maximum absolute atomic E-state index is 12.5. The van der Waals surface area contributed by atoms with Crippen LogP contribution in [-0.2, 0) is 5.41 Å². The van der Waals surface area contributed by atoms with Crippen molar-refractivity contribution in [3.8, 4) is 0 Å². The lowest BCUT2D eigenvalue weighted by molar-refractivity contribution is 0.102. The number of aromatic nitrogens is 1. The minimum absolute atomic E-state index is 0.0951. The average molecular weight is 303 g/mol. The second-order valence-corrected chi connectivity index (χ2v) is 6.44. The molecule has 0 atom stereocenters. The molecular formula is C17H19ClN2O. The van der Waals surface area contributed by atoms with Crippen molar-refractivity contribution in [1.29, 1.82) is 0 Å². The van der Waals surface area contributed by atoms with E-state index in [2.05, 4.69) is 31.1 Å². The van der Waals surface area contributed by atoms with Crippen molar-refractivity contribution in [3.63, 3.8) is 0 Å². The first kappa shape index (κ1) is 15.5. The van der Waals surface area contributed by atoms with E-state index in [9.17, 15) is 4.79 Å². The number of carbonyl (C=O) groups excluding carboxylic acids is 1. The zero-order chi connectivity index (χ0) is 15.6. The summed E-state index contributed by atoms with van der Waals surface area (Å²) in [5, 5.41) is 3.33.